The Balaban J connectivity index is 0.000000186. The number of ether oxygens (including phenoxy) is 8. The summed E-state index contributed by atoms with van der Waals surface area (Å²) in [5, 5.41) is 30.1. The maximum Gasteiger partial charge on any atom is 0.182 e. The van der Waals surface area contributed by atoms with Crippen molar-refractivity contribution < 1.29 is 58.0 Å². The lowest BCUT2D eigenvalue weighted by molar-refractivity contribution is 0.144. The number of methoxy groups -OCH3 is 4. The Kier molecular flexibility index (Phi) is 15.3. The van der Waals surface area contributed by atoms with Gasteiger partial charge in [-0.05, 0) is 197 Å². The lowest BCUT2D eigenvalue weighted by atomic mass is 9.72. The summed E-state index contributed by atoms with van der Waals surface area (Å²) in [6, 6.07) is 17.1. The number of hydrogen-bond donors (Lipinski definition) is 5. The van der Waals surface area contributed by atoms with E-state index in [0.29, 0.717) is 80.5 Å². The third-order valence-electron chi connectivity index (χ3n) is 20.2. The van der Waals surface area contributed by atoms with Gasteiger partial charge >= 0.3 is 0 Å². The van der Waals surface area contributed by atoms with Crippen molar-refractivity contribution in [1.82, 2.24) is 5.48 Å². The minimum Gasteiger partial charge on any atom is -0.493 e. The van der Waals surface area contributed by atoms with E-state index in [1.165, 1.54) is 33.4 Å². The van der Waals surface area contributed by atoms with Crippen LogP contribution in [0.15, 0.2) is 69.0 Å². The zero-order valence-corrected chi connectivity index (χ0v) is 55.6. The number of aliphatic imine (C=N–C) groups is 1. The summed E-state index contributed by atoms with van der Waals surface area (Å²) >= 11 is 0. The number of nitrogens with two attached hydrogens (primary N) is 2. The van der Waals surface area contributed by atoms with Crippen molar-refractivity contribution in [2.45, 2.75) is 155 Å². The molecular weight excluding hydrogens is 1140 g/mol. The van der Waals surface area contributed by atoms with Gasteiger partial charge in [-0.15, -0.1) is 0 Å². The molecule has 4 aliphatic carbocycles. The second-order valence-electron chi connectivity index (χ2n) is 27.2. The molecule has 7 N–H and O–H groups in total. The van der Waals surface area contributed by atoms with Crippen LogP contribution in [-0.2, 0) is 42.2 Å². The molecular formula is C71H85N7O12. The maximum atomic E-state index is 9.63. The van der Waals surface area contributed by atoms with Gasteiger partial charge in [-0.1, -0.05) is 77.8 Å². The van der Waals surface area contributed by atoms with E-state index in [-0.39, 0.29) is 55.7 Å². The van der Waals surface area contributed by atoms with Crippen LogP contribution >= 0.6 is 0 Å². The number of benzene rings is 6. The van der Waals surface area contributed by atoms with Crippen molar-refractivity contribution in [3.8, 4) is 69.0 Å². The third-order valence-corrected chi connectivity index (χ3v) is 20.2. The maximum absolute atomic E-state index is 9.63. The van der Waals surface area contributed by atoms with Crippen LogP contribution in [0.2, 0.25) is 0 Å². The average molecular weight is 1230 g/mol. The van der Waals surface area contributed by atoms with Crippen molar-refractivity contribution >= 4 is 23.2 Å². The van der Waals surface area contributed by atoms with Crippen LogP contribution in [0.5, 0.6) is 69.0 Å². The first-order valence-electron chi connectivity index (χ1n) is 30.4. The van der Waals surface area contributed by atoms with Gasteiger partial charge in [-0.25, -0.2) is 5.48 Å². The van der Waals surface area contributed by atoms with Gasteiger partial charge in [0.2, 0.25) is 0 Å². The fourth-order valence-corrected chi connectivity index (χ4v) is 16.4. The summed E-state index contributed by atoms with van der Waals surface area (Å²) in [5.74, 6) is 7.11. The Morgan fingerprint density at radius 1 is 0.467 bits per heavy atom. The lowest BCUT2D eigenvalue weighted by Gasteiger charge is -2.32. The molecule has 0 fully saturated rings. The van der Waals surface area contributed by atoms with E-state index in [1.54, 1.807) is 63.6 Å². The van der Waals surface area contributed by atoms with Gasteiger partial charge in [-0.3, -0.25) is 9.83 Å². The number of nitrogens with zero attached hydrogens (tertiary/aromatic N) is 4. The van der Waals surface area contributed by atoms with Gasteiger partial charge in [0, 0.05) is 23.4 Å². The highest BCUT2D eigenvalue weighted by Gasteiger charge is 2.59. The monoisotopic (exact) mass is 1230 g/mol. The summed E-state index contributed by atoms with van der Waals surface area (Å²) in [7, 11) is 11.6. The summed E-state index contributed by atoms with van der Waals surface area (Å²) < 4.78 is 50.0. The highest BCUT2D eigenvalue weighted by molar-refractivity contribution is 6.10. The Morgan fingerprint density at radius 3 is 1.07 bits per heavy atom. The SMILES string of the molecule is CC/C(=N\OC)c1c(C)c(C)c(C(=NC)NOC)c2c1Oc1cc3c(cc1O2)C(C)(C)CC31CC(C)(C)c2cc(OC)c(OC)cc21.COc1cc2c(cc1OC)C1(CC2(C)C)CC(C)(C)c2cc3c(cc21)Oc1c(c(/C(N)=N/O)c(C)c(C)c1/C(N)=N/O)O3. The van der Waals surface area contributed by atoms with Crippen LogP contribution in [0.4, 0.5) is 0 Å². The zero-order chi connectivity index (χ0) is 65.3. The van der Waals surface area contributed by atoms with Crippen LogP contribution in [0.25, 0.3) is 0 Å². The molecule has 0 bridgehead atoms. The Morgan fingerprint density at radius 2 is 0.756 bits per heavy atom. The summed E-state index contributed by atoms with van der Waals surface area (Å²) in [6.07, 6.45) is 4.29. The predicted octanol–water partition coefficient (Wildman–Crippen LogP) is 14.2. The standard InChI is InChI=1S/C38H47N3O6.C33H38N4O6/c1-13-26(40-44-11)31-20(2)21(3)32(35(39-8)41-45-12)34-33(31)46-30-17-25-23(15-29(30)47-34)37(6,7)19-38(25)18-36(4,5)22-14-27(42-9)28(43-10)16-24(22)38;1-15-16(2)26(30(35)37-39)28-27(25(15)29(34)36-38)42-23-10-18-20(12-24(23)43-28)33(14-32(18,5)6)13-31(3,4)17-9-21(40-7)22(41-8)11-19(17)33/h14-17H,13,18-19H2,1-12H3,(H,39,41);9-12,38-39H,13-14H2,1-8H3,(H2,34,36)(H2,35,37)/b40-26+;. The molecule has 90 heavy (non-hydrogen) atoms. The second kappa shape index (κ2) is 22.0. The first-order valence-corrected chi connectivity index (χ1v) is 30.4. The molecule has 2 unspecified atom stereocenters. The van der Waals surface area contributed by atoms with Crippen molar-refractivity contribution in [3.05, 3.63) is 138 Å². The Hall–Kier alpha value is -8.84. The molecule has 19 nitrogen and oxygen atoms in total. The van der Waals surface area contributed by atoms with Crippen LogP contribution in [0.3, 0.4) is 0 Å². The molecule has 2 aliphatic heterocycles. The number of hydroxylamine groups is 1. The molecule has 2 heterocycles. The van der Waals surface area contributed by atoms with E-state index in [2.05, 4.69) is 138 Å². The van der Waals surface area contributed by atoms with Gasteiger partial charge < -0.3 is 64.6 Å². The summed E-state index contributed by atoms with van der Waals surface area (Å²) in [6.45, 7) is 28.1. The van der Waals surface area contributed by atoms with E-state index in [9.17, 15) is 10.4 Å². The summed E-state index contributed by atoms with van der Waals surface area (Å²) in [4.78, 5) is 15.1. The molecule has 0 saturated carbocycles. The average Bonchev–Trinajstić information content (AvgIpc) is 1.52. The number of rotatable bonds is 11. The van der Waals surface area contributed by atoms with E-state index < -0.39 is 0 Å². The van der Waals surface area contributed by atoms with Crippen molar-refractivity contribution in [3.63, 3.8) is 0 Å². The molecule has 2 atom stereocenters. The number of amidine groups is 3. The first kappa shape index (κ1) is 62.8. The quantitative estimate of drug-likeness (QED) is 0.0350. The van der Waals surface area contributed by atoms with E-state index in [0.717, 1.165) is 76.3 Å². The predicted molar refractivity (Wildman–Crippen MR) is 348 cm³/mol. The van der Waals surface area contributed by atoms with Crippen LogP contribution in [-0.4, -0.2) is 83.3 Å². The molecule has 0 saturated heterocycles. The Bertz CT molecular complexity index is 4140. The number of nitrogens with one attached hydrogen (secondary N) is 1. The highest BCUT2D eigenvalue weighted by atomic mass is 16.6. The van der Waals surface area contributed by atoms with E-state index in [1.807, 2.05) is 13.0 Å². The molecule has 2 spiro atoms. The summed E-state index contributed by atoms with van der Waals surface area (Å²) in [5.41, 5.74) is 30.4. The molecule has 6 aromatic rings. The number of hydrogen-bond acceptors (Lipinski definition) is 16. The molecule has 19 heteroatoms. The number of fused-ring (bicyclic) bond motifs is 12. The van der Waals surface area contributed by atoms with Gasteiger partial charge in [0.1, 0.15) is 7.11 Å². The topological polar surface area (TPSA) is 246 Å². The molecule has 0 aromatic heterocycles. The third kappa shape index (κ3) is 9.21. The van der Waals surface area contributed by atoms with Crippen LogP contribution in [0, 0.1) is 27.7 Å². The Labute approximate surface area is 527 Å². The zero-order valence-electron chi connectivity index (χ0n) is 55.6. The van der Waals surface area contributed by atoms with Gasteiger partial charge in [0.25, 0.3) is 0 Å². The first-order chi connectivity index (χ1) is 42.6. The highest BCUT2D eigenvalue weighted by Crippen LogP contribution is 2.68. The fraction of sp³-hybridized carbons (Fsp3) is 0.437. The van der Waals surface area contributed by atoms with Gasteiger partial charge in [-0.2, -0.15) is 0 Å². The molecule has 0 amide bonds. The smallest absolute Gasteiger partial charge is 0.182 e. The van der Waals surface area contributed by atoms with Crippen molar-refractivity contribution in [2.75, 3.05) is 49.7 Å². The molecule has 0 radical (unpaired) electrons. The largest absolute Gasteiger partial charge is 0.493 e. The van der Waals surface area contributed by atoms with Crippen LogP contribution in [0.1, 0.15) is 183 Å². The molecule has 476 valence electrons. The second-order valence-corrected chi connectivity index (χ2v) is 27.2. The van der Waals surface area contributed by atoms with E-state index >= 15 is 0 Å². The minimum atomic E-state index is -0.313. The molecule has 6 aliphatic rings. The van der Waals surface area contributed by atoms with Gasteiger partial charge in [0.05, 0.1) is 58.0 Å². The van der Waals surface area contributed by atoms with Crippen molar-refractivity contribution in [1.29, 1.82) is 0 Å². The van der Waals surface area contributed by atoms with Crippen molar-refractivity contribution in [2.24, 2.45) is 31.9 Å². The lowest BCUT2D eigenvalue weighted by Crippen LogP contribution is -2.27. The normalized spacial score (nSPS) is 20.5. The van der Waals surface area contributed by atoms with E-state index in [4.69, 9.17) is 59.0 Å². The fourth-order valence-electron chi connectivity index (χ4n) is 16.4. The molecule has 12 rings (SSSR count). The minimum absolute atomic E-state index is 0.0833. The van der Waals surface area contributed by atoms with Gasteiger partial charge in [0.15, 0.2) is 86.5 Å². The number of oxime groups is 3. The molecule has 6 aromatic carbocycles. The van der Waals surface area contributed by atoms with Crippen LogP contribution < -0.4 is 54.8 Å².